The molecule has 1 unspecified atom stereocenters. The first-order valence-corrected chi connectivity index (χ1v) is 8.58. The Morgan fingerprint density at radius 2 is 1.78 bits per heavy atom. The minimum Gasteiger partial charge on any atom is -0.340 e. The molecule has 2 aliphatic rings. The van der Waals surface area contributed by atoms with Crippen LogP contribution in [0.2, 0.25) is 0 Å². The number of rotatable bonds is 4. The van der Waals surface area contributed by atoms with Gasteiger partial charge in [0, 0.05) is 18.8 Å². The fourth-order valence-electron chi connectivity index (χ4n) is 3.43. The molecule has 0 N–H and O–H groups in total. The van der Waals surface area contributed by atoms with Crippen molar-refractivity contribution in [3.63, 3.8) is 0 Å². The summed E-state index contributed by atoms with van der Waals surface area (Å²) >= 11 is 0. The van der Waals surface area contributed by atoms with Crippen LogP contribution in [-0.4, -0.2) is 38.3 Å². The summed E-state index contributed by atoms with van der Waals surface area (Å²) in [6.45, 7) is 5.93. The van der Waals surface area contributed by atoms with Gasteiger partial charge in [0.25, 0.3) is 0 Å². The van der Waals surface area contributed by atoms with Gasteiger partial charge in [0.1, 0.15) is 0 Å². The Hall–Kier alpha value is -1.76. The molecule has 0 amide bonds. The largest absolute Gasteiger partial charge is 0.340 e. The Morgan fingerprint density at radius 3 is 2.39 bits per heavy atom. The van der Waals surface area contributed by atoms with E-state index in [9.17, 15) is 0 Å². The number of piperidine rings is 1. The highest BCUT2D eigenvalue weighted by Gasteiger charge is 2.31. The van der Waals surface area contributed by atoms with Crippen LogP contribution >= 0.6 is 0 Å². The van der Waals surface area contributed by atoms with Gasteiger partial charge < -0.3 is 9.05 Å². The maximum atomic E-state index is 5.53. The fraction of sp³-hybridized carbons (Fsp3) is 0.750. The van der Waals surface area contributed by atoms with Crippen molar-refractivity contribution < 1.29 is 9.05 Å². The third-order valence-electron chi connectivity index (χ3n) is 5.27. The zero-order valence-corrected chi connectivity index (χ0v) is 13.7. The molecule has 1 saturated carbocycles. The second-order valence-corrected chi connectivity index (χ2v) is 6.78. The molecule has 1 aliphatic carbocycles. The normalized spacial score (nSPS) is 22.2. The maximum Gasteiger partial charge on any atom is 0.229 e. The lowest BCUT2D eigenvalue weighted by Gasteiger charge is -2.33. The molecule has 0 bridgehead atoms. The summed E-state index contributed by atoms with van der Waals surface area (Å²) in [6.07, 6.45) is 5.78. The quantitative estimate of drug-likeness (QED) is 0.857. The van der Waals surface area contributed by atoms with Crippen LogP contribution in [0.1, 0.15) is 80.3 Å². The highest BCUT2D eigenvalue weighted by atomic mass is 16.5. The topological polar surface area (TPSA) is 81.1 Å². The number of nitrogens with zero attached hydrogens (tertiary/aromatic N) is 5. The predicted octanol–water partition coefficient (Wildman–Crippen LogP) is 2.97. The molecule has 23 heavy (non-hydrogen) atoms. The van der Waals surface area contributed by atoms with E-state index in [1.807, 2.05) is 6.92 Å². The fourth-order valence-corrected chi connectivity index (χ4v) is 3.43. The maximum absolute atomic E-state index is 5.53. The summed E-state index contributed by atoms with van der Waals surface area (Å²) in [4.78, 5) is 11.4. The second-order valence-electron chi connectivity index (χ2n) is 6.78. The Labute approximate surface area is 135 Å². The lowest BCUT2D eigenvalue weighted by atomic mass is 9.85. The van der Waals surface area contributed by atoms with E-state index in [2.05, 4.69) is 32.1 Å². The Balaban J connectivity index is 1.36. The van der Waals surface area contributed by atoms with Gasteiger partial charge in [-0.05, 0) is 45.7 Å². The van der Waals surface area contributed by atoms with Crippen molar-refractivity contribution in [2.45, 2.75) is 63.8 Å². The molecule has 2 fully saturated rings. The van der Waals surface area contributed by atoms with Crippen LogP contribution in [0.25, 0.3) is 0 Å². The van der Waals surface area contributed by atoms with E-state index in [-0.39, 0.29) is 6.04 Å². The molecular formula is C16H23N5O2. The summed E-state index contributed by atoms with van der Waals surface area (Å²) in [5.41, 5.74) is 0. The molecule has 0 aromatic carbocycles. The Morgan fingerprint density at radius 1 is 1.00 bits per heavy atom. The summed E-state index contributed by atoms with van der Waals surface area (Å²) < 4.78 is 10.6. The van der Waals surface area contributed by atoms with Crippen molar-refractivity contribution in [3.8, 4) is 0 Å². The second kappa shape index (κ2) is 6.03. The number of aryl methyl sites for hydroxylation is 1. The lowest BCUT2D eigenvalue weighted by Crippen LogP contribution is -2.35. The van der Waals surface area contributed by atoms with Crippen LogP contribution in [0.15, 0.2) is 9.05 Å². The molecule has 2 aromatic heterocycles. The number of hydrogen-bond acceptors (Lipinski definition) is 7. The highest BCUT2D eigenvalue weighted by molar-refractivity contribution is 5.04. The van der Waals surface area contributed by atoms with Gasteiger partial charge in [0.05, 0.1) is 6.04 Å². The molecule has 1 saturated heterocycles. The number of hydrogen-bond donors (Lipinski definition) is 0. The van der Waals surface area contributed by atoms with Crippen molar-refractivity contribution in [1.29, 1.82) is 0 Å². The Bertz CT molecular complexity index is 655. The standard InChI is InChI=1S/C16H23N5O2/c1-10(14-17-11(2)22-19-14)21-8-6-13(7-9-21)16-18-15(20-23-16)12-4-3-5-12/h10,12-13H,3-9H2,1-2H3. The SMILES string of the molecule is Cc1nc(C(C)N2CCC(c3nc(C4CCC4)no3)CC2)no1. The van der Waals surface area contributed by atoms with Gasteiger partial charge in [0.15, 0.2) is 11.6 Å². The summed E-state index contributed by atoms with van der Waals surface area (Å²) in [5, 5.41) is 8.22. The van der Waals surface area contributed by atoms with Gasteiger partial charge in [-0.15, -0.1) is 0 Å². The average Bonchev–Trinajstić information content (AvgIpc) is 3.15. The van der Waals surface area contributed by atoms with Crippen LogP contribution in [0, 0.1) is 6.92 Å². The summed E-state index contributed by atoms with van der Waals surface area (Å²) in [7, 11) is 0. The zero-order valence-electron chi connectivity index (χ0n) is 13.7. The van der Waals surface area contributed by atoms with E-state index in [0.29, 0.717) is 17.7 Å². The van der Waals surface area contributed by atoms with E-state index >= 15 is 0 Å². The number of aromatic nitrogens is 4. The van der Waals surface area contributed by atoms with E-state index in [0.717, 1.165) is 43.5 Å². The monoisotopic (exact) mass is 317 g/mol. The molecule has 7 nitrogen and oxygen atoms in total. The average molecular weight is 317 g/mol. The smallest absolute Gasteiger partial charge is 0.229 e. The van der Waals surface area contributed by atoms with Crippen molar-refractivity contribution in [1.82, 2.24) is 25.2 Å². The third-order valence-corrected chi connectivity index (χ3v) is 5.27. The highest BCUT2D eigenvalue weighted by Crippen LogP contribution is 2.36. The molecule has 1 atom stereocenters. The first-order valence-electron chi connectivity index (χ1n) is 8.58. The molecule has 1 aliphatic heterocycles. The van der Waals surface area contributed by atoms with Crippen LogP contribution in [-0.2, 0) is 0 Å². The van der Waals surface area contributed by atoms with Crippen molar-refractivity contribution in [3.05, 3.63) is 23.4 Å². The minimum atomic E-state index is 0.182. The van der Waals surface area contributed by atoms with Crippen molar-refractivity contribution >= 4 is 0 Å². The van der Waals surface area contributed by atoms with Gasteiger partial charge in [0.2, 0.25) is 11.8 Å². The molecule has 0 spiro atoms. The molecule has 4 rings (SSSR count). The molecule has 0 radical (unpaired) electrons. The zero-order chi connectivity index (χ0) is 15.8. The summed E-state index contributed by atoms with van der Waals surface area (Å²) in [6, 6.07) is 0.182. The Kier molecular flexibility index (Phi) is 3.88. The van der Waals surface area contributed by atoms with Gasteiger partial charge in [-0.2, -0.15) is 9.97 Å². The van der Waals surface area contributed by atoms with Crippen LogP contribution in [0.3, 0.4) is 0 Å². The molecule has 3 heterocycles. The van der Waals surface area contributed by atoms with E-state index in [1.54, 1.807) is 0 Å². The van der Waals surface area contributed by atoms with Gasteiger partial charge >= 0.3 is 0 Å². The van der Waals surface area contributed by atoms with Gasteiger partial charge in [-0.25, -0.2) is 0 Å². The van der Waals surface area contributed by atoms with Gasteiger partial charge in [-0.3, -0.25) is 4.90 Å². The predicted molar refractivity (Wildman–Crippen MR) is 81.9 cm³/mol. The van der Waals surface area contributed by atoms with E-state index < -0.39 is 0 Å². The van der Waals surface area contributed by atoms with Crippen molar-refractivity contribution in [2.24, 2.45) is 0 Å². The third kappa shape index (κ3) is 2.89. The summed E-state index contributed by atoms with van der Waals surface area (Å²) in [5.74, 6) is 4.06. The van der Waals surface area contributed by atoms with Crippen LogP contribution in [0.4, 0.5) is 0 Å². The number of likely N-dealkylation sites (tertiary alicyclic amines) is 1. The lowest BCUT2D eigenvalue weighted by molar-refractivity contribution is 0.144. The first kappa shape index (κ1) is 14.8. The van der Waals surface area contributed by atoms with E-state index in [1.165, 1.54) is 19.3 Å². The van der Waals surface area contributed by atoms with Crippen LogP contribution in [0.5, 0.6) is 0 Å². The van der Waals surface area contributed by atoms with E-state index in [4.69, 9.17) is 9.05 Å². The molecule has 2 aromatic rings. The molecule has 7 heteroatoms. The molecule has 124 valence electrons. The van der Waals surface area contributed by atoms with Crippen molar-refractivity contribution in [2.75, 3.05) is 13.1 Å². The molecular weight excluding hydrogens is 294 g/mol. The minimum absolute atomic E-state index is 0.182. The van der Waals surface area contributed by atoms with Crippen LogP contribution < -0.4 is 0 Å². The first-order chi connectivity index (χ1) is 11.2. The van der Waals surface area contributed by atoms with Gasteiger partial charge in [-0.1, -0.05) is 16.7 Å².